The van der Waals surface area contributed by atoms with Crippen molar-refractivity contribution >= 4 is 28.6 Å². The van der Waals surface area contributed by atoms with Gasteiger partial charge in [-0.05, 0) is 74.2 Å². The molecule has 0 spiro atoms. The second-order valence-electron chi connectivity index (χ2n) is 10.8. The van der Waals surface area contributed by atoms with E-state index in [1.807, 2.05) is 46.7 Å². The van der Waals surface area contributed by atoms with Gasteiger partial charge in [0.15, 0.2) is 23.1 Å². The second-order valence-corrected chi connectivity index (χ2v) is 10.8. The van der Waals surface area contributed by atoms with Crippen LogP contribution < -0.4 is 10.6 Å². The third-order valence-corrected chi connectivity index (χ3v) is 8.14. The molecule has 1 atom stereocenters. The van der Waals surface area contributed by atoms with Gasteiger partial charge in [0.25, 0.3) is 5.91 Å². The van der Waals surface area contributed by atoms with Gasteiger partial charge in [-0.3, -0.25) is 14.1 Å². The number of aromatic nitrogens is 3. The van der Waals surface area contributed by atoms with Crippen molar-refractivity contribution in [3.63, 3.8) is 0 Å². The summed E-state index contributed by atoms with van der Waals surface area (Å²) in [6.45, 7) is 7.47. The van der Waals surface area contributed by atoms with Crippen LogP contribution in [0.3, 0.4) is 0 Å². The highest BCUT2D eigenvalue weighted by atomic mass is 19.1. The lowest BCUT2D eigenvalue weighted by atomic mass is 10.1. The zero-order valence-electron chi connectivity index (χ0n) is 23.6. The number of fused-ring (bicyclic) bond motifs is 1. The standard InChI is InChI=1S/C31H36FN7O2/c1-21-17-23(8-9-25(21)31(40)38-15-13-37(14-16-38)20-24-6-4-10-33-24)36-29-30-35-19-27(39(30)12-11-34-29)22-5-3-7-28(41-2)26(32)18-22/h3,7-9,11-12,17-19,24,33H,4-6,10,13-16,20H2,1-2H3,(H,34,36)/t24-/m1/s1. The Balaban J connectivity index is 1.15. The highest BCUT2D eigenvalue weighted by molar-refractivity contribution is 5.96. The molecular formula is C31H36FN7O2. The number of halogens is 1. The Bertz CT molecular complexity index is 1530. The largest absolute Gasteiger partial charge is 0.494 e. The van der Waals surface area contributed by atoms with Crippen LogP contribution in [-0.2, 0) is 4.74 Å². The molecule has 2 saturated heterocycles. The van der Waals surface area contributed by atoms with Crippen LogP contribution in [0.1, 0.15) is 40.9 Å². The molecule has 0 saturated carbocycles. The van der Waals surface area contributed by atoms with E-state index in [-0.39, 0.29) is 11.7 Å². The quantitative estimate of drug-likeness (QED) is 0.444. The van der Waals surface area contributed by atoms with Gasteiger partial charge in [0.1, 0.15) is 0 Å². The number of allylic oxidation sites excluding steroid dienone is 5. The predicted octanol–water partition coefficient (Wildman–Crippen LogP) is 4.46. The Kier molecular flexibility index (Phi) is 7.84. The average molecular weight is 558 g/mol. The zero-order valence-corrected chi connectivity index (χ0v) is 23.6. The van der Waals surface area contributed by atoms with Gasteiger partial charge in [-0.15, -0.1) is 0 Å². The number of hydrogen-bond acceptors (Lipinski definition) is 7. The highest BCUT2D eigenvalue weighted by Crippen LogP contribution is 2.29. The van der Waals surface area contributed by atoms with E-state index in [1.165, 1.54) is 26.0 Å². The Morgan fingerprint density at radius 2 is 2.07 bits per heavy atom. The first kappa shape index (κ1) is 27.2. The third kappa shape index (κ3) is 5.75. The predicted molar refractivity (Wildman–Crippen MR) is 158 cm³/mol. The minimum absolute atomic E-state index is 0.0782. The fourth-order valence-corrected chi connectivity index (χ4v) is 5.89. The van der Waals surface area contributed by atoms with Crippen LogP contribution in [0.4, 0.5) is 15.9 Å². The molecule has 4 heterocycles. The Morgan fingerprint density at radius 3 is 2.83 bits per heavy atom. The molecule has 1 amide bonds. The summed E-state index contributed by atoms with van der Waals surface area (Å²) in [5.74, 6) is 0.430. The first-order valence-corrected chi connectivity index (χ1v) is 14.3. The number of hydrogen-bond donors (Lipinski definition) is 2. The van der Waals surface area contributed by atoms with Gasteiger partial charge in [-0.1, -0.05) is 6.08 Å². The Labute approximate surface area is 239 Å². The van der Waals surface area contributed by atoms with Crippen LogP contribution in [0.15, 0.2) is 66.6 Å². The van der Waals surface area contributed by atoms with E-state index in [0.29, 0.717) is 23.9 Å². The summed E-state index contributed by atoms with van der Waals surface area (Å²) in [6, 6.07) is 6.35. The maximum absolute atomic E-state index is 14.6. The molecule has 2 aliphatic heterocycles. The highest BCUT2D eigenvalue weighted by Gasteiger charge is 2.26. The van der Waals surface area contributed by atoms with Gasteiger partial charge < -0.3 is 20.3 Å². The van der Waals surface area contributed by atoms with Crippen LogP contribution in [0, 0.1) is 6.92 Å². The van der Waals surface area contributed by atoms with Crippen molar-refractivity contribution in [3.8, 4) is 0 Å². The van der Waals surface area contributed by atoms with Gasteiger partial charge in [0.05, 0.1) is 19.0 Å². The Hall–Kier alpha value is -4.02. The molecule has 3 aliphatic rings. The van der Waals surface area contributed by atoms with E-state index < -0.39 is 5.83 Å². The van der Waals surface area contributed by atoms with Gasteiger partial charge in [-0.2, -0.15) is 0 Å². The third-order valence-electron chi connectivity index (χ3n) is 8.14. The minimum atomic E-state index is -0.424. The van der Waals surface area contributed by atoms with Crippen molar-refractivity contribution in [1.82, 2.24) is 29.5 Å². The molecule has 0 radical (unpaired) electrons. The molecule has 2 N–H and O–H groups in total. The summed E-state index contributed by atoms with van der Waals surface area (Å²) in [6.07, 6.45) is 13.3. The number of ether oxygens (including phenoxy) is 1. The minimum Gasteiger partial charge on any atom is -0.494 e. The summed E-state index contributed by atoms with van der Waals surface area (Å²) in [4.78, 5) is 26.9. The molecule has 9 nitrogen and oxygen atoms in total. The lowest BCUT2D eigenvalue weighted by Gasteiger charge is -2.36. The van der Waals surface area contributed by atoms with Crippen LogP contribution in [0.25, 0.3) is 11.2 Å². The van der Waals surface area contributed by atoms with Gasteiger partial charge in [-0.25, -0.2) is 14.4 Å². The van der Waals surface area contributed by atoms with Crippen molar-refractivity contribution in [2.45, 2.75) is 32.2 Å². The number of methoxy groups -OCH3 is 1. The number of nitrogens with one attached hydrogen (secondary N) is 2. The molecule has 1 aliphatic carbocycles. The molecule has 214 valence electrons. The Morgan fingerprint density at radius 1 is 1.22 bits per heavy atom. The molecule has 0 bridgehead atoms. The molecule has 6 rings (SSSR count). The lowest BCUT2D eigenvalue weighted by molar-refractivity contribution is 0.0627. The molecule has 2 fully saturated rings. The molecule has 1 aromatic carbocycles. The van der Waals surface area contributed by atoms with Crippen molar-refractivity contribution in [1.29, 1.82) is 0 Å². The number of benzene rings is 1. The maximum Gasteiger partial charge on any atom is 0.254 e. The SMILES string of the molecule is COC1=C(F)C=C(c2cnc3c(Nc4ccc(C(=O)N5CCN(C[C@H]6CCCN6)CC5)c(C)c4)nccn23)CC=C1. The first-order valence-electron chi connectivity index (χ1n) is 14.3. The summed E-state index contributed by atoms with van der Waals surface area (Å²) in [5.41, 5.74) is 4.61. The summed E-state index contributed by atoms with van der Waals surface area (Å²) < 4.78 is 21.6. The molecule has 10 heteroatoms. The monoisotopic (exact) mass is 557 g/mol. The maximum atomic E-state index is 14.6. The van der Waals surface area contributed by atoms with Crippen LogP contribution in [-0.4, -0.2) is 82.5 Å². The number of nitrogens with zero attached hydrogens (tertiary/aromatic N) is 5. The van der Waals surface area contributed by atoms with E-state index in [2.05, 4.69) is 25.5 Å². The van der Waals surface area contributed by atoms with E-state index in [9.17, 15) is 9.18 Å². The molecule has 3 aromatic rings. The number of anilines is 2. The summed E-state index contributed by atoms with van der Waals surface area (Å²) in [5, 5.41) is 6.92. The van der Waals surface area contributed by atoms with Crippen molar-refractivity contribution in [2.24, 2.45) is 0 Å². The number of carbonyl (C=O) groups is 1. The summed E-state index contributed by atoms with van der Waals surface area (Å²) in [7, 11) is 1.46. The van der Waals surface area contributed by atoms with Crippen molar-refractivity contribution in [2.75, 3.05) is 51.7 Å². The topological polar surface area (TPSA) is 87.0 Å². The molecule has 0 unspecified atom stereocenters. The number of amides is 1. The van der Waals surface area contributed by atoms with Crippen LogP contribution in [0.5, 0.6) is 0 Å². The van der Waals surface area contributed by atoms with E-state index in [0.717, 1.165) is 67.3 Å². The van der Waals surface area contributed by atoms with Gasteiger partial charge >= 0.3 is 0 Å². The second kappa shape index (κ2) is 11.8. The zero-order chi connectivity index (χ0) is 28.3. The normalized spacial score (nSPS) is 19.9. The number of carbonyl (C=O) groups excluding carboxylic acids is 1. The number of aryl methyl sites for hydroxylation is 1. The van der Waals surface area contributed by atoms with Crippen molar-refractivity contribution < 1.29 is 13.9 Å². The first-order chi connectivity index (χ1) is 20.0. The van der Waals surface area contributed by atoms with Crippen LogP contribution in [0.2, 0.25) is 0 Å². The lowest BCUT2D eigenvalue weighted by Crippen LogP contribution is -2.51. The van der Waals surface area contributed by atoms with Crippen molar-refractivity contribution in [3.05, 3.63) is 83.4 Å². The molecule has 2 aromatic heterocycles. The smallest absolute Gasteiger partial charge is 0.254 e. The van der Waals surface area contributed by atoms with Gasteiger partial charge in [0, 0.05) is 62.4 Å². The fourth-order valence-electron chi connectivity index (χ4n) is 5.89. The summed E-state index contributed by atoms with van der Waals surface area (Å²) >= 11 is 0. The number of imidazole rings is 1. The van der Waals surface area contributed by atoms with Gasteiger partial charge in [0.2, 0.25) is 0 Å². The fraction of sp³-hybridized carbons (Fsp3) is 0.387. The van der Waals surface area contributed by atoms with E-state index >= 15 is 0 Å². The van der Waals surface area contributed by atoms with Crippen LogP contribution >= 0.6 is 0 Å². The number of rotatable bonds is 7. The van der Waals surface area contributed by atoms with E-state index in [1.54, 1.807) is 18.5 Å². The van der Waals surface area contributed by atoms with E-state index in [4.69, 9.17) is 4.74 Å². The molecule has 41 heavy (non-hydrogen) atoms. The number of piperazine rings is 1. The average Bonchev–Trinajstić information content (AvgIpc) is 3.61. The molecular weight excluding hydrogens is 521 g/mol.